The lowest BCUT2D eigenvalue weighted by atomic mass is 10.0. The molecule has 0 saturated carbocycles. The van der Waals surface area contributed by atoms with Crippen LogP contribution in [0.5, 0.6) is 0 Å². The van der Waals surface area contributed by atoms with Gasteiger partial charge in [0.05, 0.1) is 6.61 Å². The average Bonchev–Trinajstić information content (AvgIpc) is 2.78. The zero-order chi connectivity index (χ0) is 21.3. The Morgan fingerprint density at radius 1 is 0.867 bits per heavy atom. The Bertz CT molecular complexity index is 970. The number of halogens is 1. The van der Waals surface area contributed by atoms with Gasteiger partial charge in [0.15, 0.2) is 0 Å². The van der Waals surface area contributed by atoms with Gasteiger partial charge < -0.3 is 9.64 Å². The van der Waals surface area contributed by atoms with Crippen LogP contribution < -0.4 is 4.90 Å². The number of rotatable bonds is 8. The smallest absolute Gasteiger partial charge is 0.305 e. The molecule has 3 aromatic rings. The predicted molar refractivity (Wildman–Crippen MR) is 121 cm³/mol. The van der Waals surface area contributed by atoms with Gasteiger partial charge in [-0.15, -0.1) is 0 Å². The fourth-order valence-corrected chi connectivity index (χ4v) is 3.30. The number of carbonyl (C=O) groups excluding carboxylic acids is 2. The van der Waals surface area contributed by atoms with Gasteiger partial charge in [-0.2, -0.15) is 0 Å². The summed E-state index contributed by atoms with van der Waals surface area (Å²) < 4.78 is 5.00. The third-order valence-electron chi connectivity index (χ3n) is 4.69. The van der Waals surface area contributed by atoms with Gasteiger partial charge in [0.1, 0.15) is 0 Å². The van der Waals surface area contributed by atoms with E-state index in [1.54, 1.807) is 36.1 Å². The summed E-state index contributed by atoms with van der Waals surface area (Å²) in [4.78, 5) is 26.6. The molecule has 0 N–H and O–H groups in total. The Labute approximate surface area is 182 Å². The molecule has 0 bridgehead atoms. The lowest BCUT2D eigenvalue weighted by molar-refractivity contribution is -0.143. The van der Waals surface area contributed by atoms with Crippen LogP contribution in [0.1, 0.15) is 30.1 Å². The van der Waals surface area contributed by atoms with Crippen molar-refractivity contribution in [2.75, 3.05) is 18.1 Å². The summed E-state index contributed by atoms with van der Waals surface area (Å²) in [5.74, 6) is -0.390. The highest BCUT2D eigenvalue weighted by atomic mass is 35.5. The maximum atomic E-state index is 13.2. The maximum absolute atomic E-state index is 13.2. The lowest BCUT2D eigenvalue weighted by Crippen LogP contribution is -2.32. The number of nitrogens with zero attached hydrogens (tertiary/aromatic N) is 1. The summed E-state index contributed by atoms with van der Waals surface area (Å²) in [6, 6.07) is 24.7. The second kappa shape index (κ2) is 10.6. The molecule has 3 aromatic carbocycles. The molecule has 0 fully saturated rings. The molecule has 0 heterocycles. The van der Waals surface area contributed by atoms with E-state index in [2.05, 4.69) is 0 Å². The van der Waals surface area contributed by atoms with Crippen molar-refractivity contribution in [2.24, 2.45) is 0 Å². The molecular formula is C25H24ClNO3. The summed E-state index contributed by atoms with van der Waals surface area (Å²) in [5, 5.41) is 0.577. The average molecular weight is 422 g/mol. The highest BCUT2D eigenvalue weighted by Crippen LogP contribution is 2.25. The van der Waals surface area contributed by atoms with Gasteiger partial charge in [-0.1, -0.05) is 54.1 Å². The van der Waals surface area contributed by atoms with E-state index >= 15 is 0 Å². The number of carbonyl (C=O) groups is 2. The highest BCUT2D eigenvalue weighted by Gasteiger charge is 2.18. The van der Waals surface area contributed by atoms with Crippen LogP contribution in [-0.2, 0) is 9.53 Å². The summed E-state index contributed by atoms with van der Waals surface area (Å²) in [5.41, 5.74) is 3.51. The van der Waals surface area contributed by atoms with Gasteiger partial charge in [-0.3, -0.25) is 9.59 Å². The van der Waals surface area contributed by atoms with E-state index in [4.69, 9.17) is 16.3 Å². The Balaban J connectivity index is 1.81. The van der Waals surface area contributed by atoms with Crippen LogP contribution in [0.4, 0.5) is 5.69 Å². The largest absolute Gasteiger partial charge is 0.466 e. The number of amides is 1. The van der Waals surface area contributed by atoms with Crippen molar-refractivity contribution in [3.8, 4) is 11.1 Å². The van der Waals surface area contributed by atoms with E-state index in [-0.39, 0.29) is 18.3 Å². The topological polar surface area (TPSA) is 46.6 Å². The second-order valence-electron chi connectivity index (χ2n) is 6.79. The monoisotopic (exact) mass is 421 g/mol. The number of ether oxygens (including phenoxy) is 1. The van der Waals surface area contributed by atoms with Crippen LogP contribution in [0.25, 0.3) is 11.1 Å². The van der Waals surface area contributed by atoms with Crippen molar-refractivity contribution in [3.05, 3.63) is 89.4 Å². The van der Waals surface area contributed by atoms with Gasteiger partial charge in [0.25, 0.3) is 5.91 Å². The summed E-state index contributed by atoms with van der Waals surface area (Å²) in [7, 11) is 0. The number of hydrogen-bond acceptors (Lipinski definition) is 3. The first kappa shape index (κ1) is 21.6. The summed E-state index contributed by atoms with van der Waals surface area (Å²) in [6.45, 7) is 2.54. The molecule has 0 aliphatic heterocycles. The van der Waals surface area contributed by atoms with Gasteiger partial charge in [0.2, 0.25) is 0 Å². The number of anilines is 1. The van der Waals surface area contributed by atoms with Crippen molar-refractivity contribution in [3.63, 3.8) is 0 Å². The van der Waals surface area contributed by atoms with Crippen LogP contribution in [0.15, 0.2) is 78.9 Å². The van der Waals surface area contributed by atoms with Crippen LogP contribution >= 0.6 is 11.6 Å². The fraction of sp³-hybridized carbons (Fsp3) is 0.200. The third kappa shape index (κ3) is 5.71. The van der Waals surface area contributed by atoms with Crippen LogP contribution in [0, 0.1) is 0 Å². The molecule has 3 rings (SSSR count). The minimum absolute atomic E-state index is 0.136. The van der Waals surface area contributed by atoms with E-state index < -0.39 is 0 Å². The fourth-order valence-electron chi connectivity index (χ4n) is 3.18. The summed E-state index contributed by atoms with van der Waals surface area (Å²) in [6.07, 6.45) is 0.777. The van der Waals surface area contributed by atoms with Crippen molar-refractivity contribution in [1.82, 2.24) is 0 Å². The van der Waals surface area contributed by atoms with Crippen molar-refractivity contribution < 1.29 is 14.3 Å². The first-order valence-electron chi connectivity index (χ1n) is 9.97. The molecule has 5 heteroatoms. The summed E-state index contributed by atoms with van der Waals surface area (Å²) >= 11 is 5.96. The molecular weight excluding hydrogens is 398 g/mol. The Kier molecular flexibility index (Phi) is 7.63. The van der Waals surface area contributed by atoms with E-state index in [9.17, 15) is 9.59 Å². The lowest BCUT2D eigenvalue weighted by Gasteiger charge is -2.23. The quantitative estimate of drug-likeness (QED) is 0.419. The maximum Gasteiger partial charge on any atom is 0.305 e. The normalized spacial score (nSPS) is 10.5. The molecule has 1 amide bonds. The Hall–Kier alpha value is -3.11. The zero-order valence-corrected chi connectivity index (χ0v) is 17.6. The molecule has 0 aliphatic rings. The van der Waals surface area contributed by atoms with Gasteiger partial charge >= 0.3 is 5.97 Å². The van der Waals surface area contributed by atoms with Gasteiger partial charge in [-0.25, -0.2) is 0 Å². The third-order valence-corrected chi connectivity index (χ3v) is 4.94. The van der Waals surface area contributed by atoms with E-state index in [1.165, 1.54) is 0 Å². The second-order valence-corrected chi connectivity index (χ2v) is 7.22. The molecule has 0 aliphatic carbocycles. The molecule has 0 aromatic heterocycles. The highest BCUT2D eigenvalue weighted by molar-refractivity contribution is 6.30. The van der Waals surface area contributed by atoms with Crippen molar-refractivity contribution in [2.45, 2.75) is 19.8 Å². The van der Waals surface area contributed by atoms with E-state index in [1.807, 2.05) is 54.6 Å². The van der Waals surface area contributed by atoms with E-state index in [0.29, 0.717) is 30.2 Å². The molecule has 0 saturated heterocycles. The standard InChI is InChI=1S/C25H24ClNO3/c1-2-30-24(28)9-6-18-27(25(29)21-10-14-22(26)15-11-21)23-16-12-20(13-17-23)19-7-4-3-5-8-19/h3-5,7-8,10-17H,2,6,9,18H2,1H3. The SMILES string of the molecule is CCOC(=O)CCCN(C(=O)c1ccc(Cl)cc1)c1ccc(-c2ccccc2)cc1. The van der Waals surface area contributed by atoms with Gasteiger partial charge in [0, 0.05) is 29.2 Å². The molecule has 30 heavy (non-hydrogen) atoms. The van der Waals surface area contributed by atoms with Crippen molar-refractivity contribution >= 4 is 29.2 Å². The minimum atomic E-state index is -0.254. The Morgan fingerprint density at radius 2 is 1.50 bits per heavy atom. The molecule has 0 radical (unpaired) electrons. The number of hydrogen-bond donors (Lipinski definition) is 0. The van der Waals surface area contributed by atoms with Crippen LogP contribution in [0.2, 0.25) is 5.02 Å². The first-order valence-corrected chi connectivity index (χ1v) is 10.3. The predicted octanol–water partition coefficient (Wildman–Crippen LogP) is 6.00. The van der Waals surface area contributed by atoms with E-state index in [0.717, 1.165) is 16.8 Å². The Morgan fingerprint density at radius 3 is 2.13 bits per heavy atom. The molecule has 4 nitrogen and oxygen atoms in total. The first-order chi connectivity index (χ1) is 14.6. The number of esters is 1. The van der Waals surface area contributed by atoms with Gasteiger partial charge in [-0.05, 0) is 60.9 Å². The molecule has 0 unspecified atom stereocenters. The molecule has 154 valence electrons. The molecule has 0 spiro atoms. The molecule has 0 atom stereocenters. The zero-order valence-electron chi connectivity index (χ0n) is 16.9. The minimum Gasteiger partial charge on any atom is -0.466 e. The van der Waals surface area contributed by atoms with Crippen molar-refractivity contribution in [1.29, 1.82) is 0 Å². The van der Waals surface area contributed by atoms with Crippen LogP contribution in [-0.4, -0.2) is 25.0 Å². The van der Waals surface area contributed by atoms with Crippen LogP contribution in [0.3, 0.4) is 0 Å². The number of benzene rings is 3.